The van der Waals surface area contributed by atoms with E-state index in [2.05, 4.69) is 72.8 Å². The van der Waals surface area contributed by atoms with Gasteiger partial charge in [0.05, 0.1) is 0 Å². The second-order valence-corrected chi connectivity index (χ2v) is 7.87. The first-order valence-corrected chi connectivity index (χ1v) is 7.95. The van der Waals surface area contributed by atoms with Crippen LogP contribution in [0.5, 0.6) is 5.75 Å². The fraction of sp³-hybridized carbons (Fsp3) is 0.421. The maximum Gasteiger partial charge on any atom is 0.116 e. The summed E-state index contributed by atoms with van der Waals surface area (Å²) in [5, 5.41) is 9.36. The van der Waals surface area contributed by atoms with Crippen LogP contribution in [0.4, 0.5) is 0 Å². The van der Waals surface area contributed by atoms with Gasteiger partial charge in [-0.3, -0.25) is 6.08 Å². The molecule has 1 aromatic carbocycles. The molecule has 0 aromatic heterocycles. The molecule has 0 amide bonds. The Morgan fingerprint density at radius 2 is 1.76 bits per heavy atom. The fourth-order valence-electron chi connectivity index (χ4n) is 1.54. The number of allylic oxidation sites excluding steroid dienone is 4. The number of aryl methyl sites for hydroxylation is 1. The van der Waals surface area contributed by atoms with E-state index in [-0.39, 0.29) is 5.41 Å². The van der Waals surface area contributed by atoms with Crippen molar-refractivity contribution < 1.29 is 25.1 Å². The normalized spacial score (nSPS) is 12.2. The molecular weight excluding hydrogens is 292 g/mol. The Kier molecular flexibility index (Phi) is 9.49. The Morgan fingerprint density at radius 3 is 2.05 bits per heavy atom. The van der Waals surface area contributed by atoms with E-state index in [1.165, 1.54) is 9.37 Å². The van der Waals surface area contributed by atoms with Crippen molar-refractivity contribution in [2.75, 3.05) is 0 Å². The standard InChI is InChI=1S/C11H16O.C5H5.C3H6.Ti/c1-8-5-9(11(2,3)4)7-10(12)6-8;1-2-4-5-3-1;1-3-2;/h5-7,12H,1-4H3;1-3H,4H2;1-2H3;/q;-1;;+1. The number of aromatic hydroxyl groups is 1. The van der Waals surface area contributed by atoms with Gasteiger partial charge in [0.2, 0.25) is 0 Å². The third-order valence-corrected chi connectivity index (χ3v) is 2.51. The van der Waals surface area contributed by atoms with Crippen LogP contribution in [0.3, 0.4) is 0 Å². The van der Waals surface area contributed by atoms with E-state index < -0.39 is 0 Å². The van der Waals surface area contributed by atoms with E-state index in [0.717, 1.165) is 12.0 Å². The number of phenols is 1. The summed E-state index contributed by atoms with van der Waals surface area (Å²) >= 11 is 2.08. The summed E-state index contributed by atoms with van der Waals surface area (Å²) in [6.45, 7) is 12.6. The first-order valence-electron chi connectivity index (χ1n) is 7.17. The molecule has 0 atom stereocenters. The molecule has 0 saturated carbocycles. The van der Waals surface area contributed by atoms with Gasteiger partial charge in [0.25, 0.3) is 0 Å². The quantitative estimate of drug-likeness (QED) is 0.524. The number of hydrogen-bond donors (Lipinski definition) is 1. The van der Waals surface area contributed by atoms with Crippen molar-refractivity contribution >= 4 is 3.81 Å². The number of rotatable bonds is 0. The first-order chi connectivity index (χ1) is 9.62. The maximum atomic E-state index is 9.36. The van der Waals surface area contributed by atoms with E-state index >= 15 is 0 Å². The average Bonchev–Trinajstić information content (AvgIpc) is 2.83. The smallest absolute Gasteiger partial charge is 0.116 e. The van der Waals surface area contributed by atoms with Crippen molar-refractivity contribution in [3.63, 3.8) is 0 Å². The zero-order valence-corrected chi connectivity index (χ0v) is 15.7. The van der Waals surface area contributed by atoms with Crippen LogP contribution in [0.2, 0.25) is 0 Å². The largest absolute Gasteiger partial charge is 0.508 e. The predicted octanol–water partition coefficient (Wildman–Crippen LogP) is 5.05. The van der Waals surface area contributed by atoms with E-state index in [0.29, 0.717) is 5.75 Å². The van der Waals surface area contributed by atoms with E-state index in [1.54, 1.807) is 6.07 Å². The molecule has 1 nitrogen and oxygen atoms in total. The fourth-order valence-corrected chi connectivity index (χ4v) is 1.54. The predicted molar refractivity (Wildman–Crippen MR) is 89.5 cm³/mol. The molecule has 1 N–H and O–H groups in total. The Morgan fingerprint density at radius 1 is 1.19 bits per heavy atom. The molecule has 0 unspecified atom stereocenters. The van der Waals surface area contributed by atoms with Gasteiger partial charge in [-0.1, -0.05) is 26.8 Å². The van der Waals surface area contributed by atoms with Crippen LogP contribution >= 0.6 is 0 Å². The second kappa shape index (κ2) is 9.92. The summed E-state index contributed by atoms with van der Waals surface area (Å²) in [4.78, 5) is 0. The molecular formula is C19H27OTi. The van der Waals surface area contributed by atoms with Crippen LogP contribution < -0.4 is 0 Å². The van der Waals surface area contributed by atoms with Crippen molar-refractivity contribution in [2.45, 2.75) is 53.4 Å². The molecule has 0 heterocycles. The molecule has 113 valence electrons. The van der Waals surface area contributed by atoms with E-state index in [9.17, 15) is 5.11 Å². The molecule has 0 spiro atoms. The van der Waals surface area contributed by atoms with E-state index in [1.807, 2.05) is 25.1 Å². The van der Waals surface area contributed by atoms with Crippen molar-refractivity contribution in [2.24, 2.45) is 0 Å². The summed E-state index contributed by atoms with van der Waals surface area (Å²) < 4.78 is 1.42. The van der Waals surface area contributed by atoms with Crippen LogP contribution in [-0.2, 0) is 25.4 Å². The van der Waals surface area contributed by atoms with Crippen LogP contribution in [0.1, 0.15) is 52.2 Å². The number of hydrogen-bond acceptors (Lipinski definition) is 1. The summed E-state index contributed by atoms with van der Waals surface area (Å²) in [6.07, 6.45) is 10.0. The Labute approximate surface area is 141 Å². The Balaban J connectivity index is 0.000000364. The zero-order valence-electron chi connectivity index (χ0n) is 14.1. The Hall–Kier alpha value is -0.916. The van der Waals surface area contributed by atoms with Crippen molar-refractivity contribution in [3.05, 3.63) is 53.6 Å². The van der Waals surface area contributed by atoms with Crippen LogP contribution in [0.15, 0.2) is 36.4 Å². The number of benzene rings is 1. The molecule has 0 radical (unpaired) electrons. The molecule has 21 heavy (non-hydrogen) atoms. The Bertz CT molecular complexity index is 471. The van der Waals surface area contributed by atoms with Crippen molar-refractivity contribution in [1.82, 2.24) is 0 Å². The molecule has 2 heteroatoms. The van der Waals surface area contributed by atoms with Gasteiger partial charge in [0.15, 0.2) is 0 Å². The molecule has 1 aromatic rings. The van der Waals surface area contributed by atoms with Gasteiger partial charge < -0.3 is 5.11 Å². The van der Waals surface area contributed by atoms with Crippen LogP contribution in [-0.4, -0.2) is 8.92 Å². The third-order valence-electron chi connectivity index (χ3n) is 2.51. The van der Waals surface area contributed by atoms with Crippen molar-refractivity contribution in [1.29, 1.82) is 0 Å². The van der Waals surface area contributed by atoms with Gasteiger partial charge in [-0.25, -0.2) is 12.2 Å². The molecule has 2 rings (SSSR count). The van der Waals surface area contributed by atoms with Gasteiger partial charge in [0, 0.05) is 0 Å². The van der Waals surface area contributed by atoms with Gasteiger partial charge in [-0.15, -0.1) is 6.42 Å². The molecule has 0 bridgehead atoms. The SMILES string of the molecule is C[C](C)=[Ti+].Cc1cc(O)cc(C(C)(C)C)c1.[C-]1=CC=CC1. The minimum atomic E-state index is 0.115. The number of phenolic OH excluding ortho intramolecular Hbond substituents is 1. The van der Waals surface area contributed by atoms with Gasteiger partial charge in [0.1, 0.15) is 5.75 Å². The monoisotopic (exact) mass is 319 g/mol. The minimum Gasteiger partial charge on any atom is -0.508 e. The van der Waals surface area contributed by atoms with Crippen molar-refractivity contribution in [3.8, 4) is 5.75 Å². The van der Waals surface area contributed by atoms with Gasteiger partial charge >= 0.3 is 37.6 Å². The first kappa shape index (κ1) is 20.1. The molecule has 0 aliphatic heterocycles. The van der Waals surface area contributed by atoms with Crippen LogP contribution in [0, 0.1) is 13.0 Å². The zero-order chi connectivity index (χ0) is 16.5. The molecule has 0 saturated heterocycles. The minimum absolute atomic E-state index is 0.115. The summed E-state index contributed by atoms with van der Waals surface area (Å²) in [5.74, 6) is 0.361. The van der Waals surface area contributed by atoms with Crippen LogP contribution in [0.25, 0.3) is 0 Å². The summed E-state index contributed by atoms with van der Waals surface area (Å²) in [5.41, 5.74) is 2.41. The average molecular weight is 319 g/mol. The van der Waals surface area contributed by atoms with E-state index in [4.69, 9.17) is 0 Å². The van der Waals surface area contributed by atoms with Gasteiger partial charge in [-0.2, -0.15) is 6.08 Å². The molecule has 1 aliphatic rings. The maximum absolute atomic E-state index is 9.36. The summed E-state index contributed by atoms with van der Waals surface area (Å²) in [7, 11) is 0. The third kappa shape index (κ3) is 11.4. The summed E-state index contributed by atoms with van der Waals surface area (Å²) in [6, 6.07) is 5.71. The molecule has 1 aliphatic carbocycles. The second-order valence-electron chi connectivity index (χ2n) is 6.31. The van der Waals surface area contributed by atoms with Gasteiger partial charge in [-0.05, 0) is 35.6 Å². The topological polar surface area (TPSA) is 20.2 Å². The molecule has 0 fully saturated rings.